The van der Waals surface area contributed by atoms with Gasteiger partial charge in [-0.1, -0.05) is 31.0 Å². The third-order valence-electron chi connectivity index (χ3n) is 5.00. The average Bonchev–Trinajstić information content (AvgIpc) is 2.98. The van der Waals surface area contributed by atoms with Crippen LogP contribution < -0.4 is 0 Å². The van der Waals surface area contributed by atoms with Crippen LogP contribution in [0.25, 0.3) is 0 Å². The van der Waals surface area contributed by atoms with E-state index in [1.165, 1.54) is 6.42 Å². The lowest BCUT2D eigenvalue weighted by Gasteiger charge is -2.35. The number of carbonyl (C=O) groups is 2. The van der Waals surface area contributed by atoms with Crippen LogP contribution in [0.2, 0.25) is 0 Å². The highest BCUT2D eigenvalue weighted by molar-refractivity contribution is 8.15. The van der Waals surface area contributed by atoms with Crippen molar-refractivity contribution < 1.29 is 14.7 Å². The van der Waals surface area contributed by atoms with Gasteiger partial charge >= 0.3 is 5.97 Å². The minimum atomic E-state index is -0.876. The Morgan fingerprint density at radius 3 is 2.46 bits per heavy atom. The number of amidine groups is 1. The van der Waals surface area contributed by atoms with Crippen LogP contribution in [-0.2, 0) is 4.79 Å². The SMILES string of the molecule is CC1C(C(=O)O)SC(=NC(=O)c2ccc(C#N)cc2)N1C1CCCCC1. The number of carboxylic acid groups (broad SMARTS) is 1. The monoisotopic (exact) mass is 371 g/mol. The van der Waals surface area contributed by atoms with Gasteiger partial charge in [-0.25, -0.2) is 0 Å². The number of aliphatic carboxylic acids is 1. The number of nitrogens with zero attached hydrogens (tertiary/aromatic N) is 3. The fraction of sp³-hybridized carbons (Fsp3) is 0.474. The number of aliphatic imine (C=N–C) groups is 1. The first kappa shape index (κ1) is 18.5. The van der Waals surface area contributed by atoms with E-state index in [1.807, 2.05) is 17.9 Å². The average molecular weight is 371 g/mol. The summed E-state index contributed by atoms with van der Waals surface area (Å²) in [4.78, 5) is 30.5. The molecule has 2 unspecified atom stereocenters. The van der Waals surface area contributed by atoms with Gasteiger partial charge in [0.05, 0.1) is 17.7 Å². The molecular weight excluding hydrogens is 350 g/mol. The molecule has 1 N–H and O–H groups in total. The topological polar surface area (TPSA) is 93.8 Å². The molecule has 6 nitrogen and oxygen atoms in total. The molecule has 0 spiro atoms. The van der Waals surface area contributed by atoms with Crippen LogP contribution in [0.4, 0.5) is 0 Å². The first-order valence-electron chi connectivity index (χ1n) is 8.82. The van der Waals surface area contributed by atoms with Crippen LogP contribution in [0, 0.1) is 11.3 Å². The molecule has 2 aliphatic rings. The van der Waals surface area contributed by atoms with E-state index in [4.69, 9.17) is 5.26 Å². The number of carbonyl (C=O) groups excluding carboxylic acids is 1. The van der Waals surface area contributed by atoms with Crippen LogP contribution in [0.15, 0.2) is 29.3 Å². The highest BCUT2D eigenvalue weighted by atomic mass is 32.2. The summed E-state index contributed by atoms with van der Waals surface area (Å²) in [7, 11) is 0. The molecule has 1 heterocycles. The molecule has 7 heteroatoms. The van der Waals surface area contributed by atoms with E-state index in [9.17, 15) is 14.7 Å². The summed E-state index contributed by atoms with van der Waals surface area (Å²) < 4.78 is 0. The zero-order valence-electron chi connectivity index (χ0n) is 14.6. The van der Waals surface area contributed by atoms with Gasteiger partial charge in [0, 0.05) is 11.6 Å². The standard InChI is InChI=1S/C19H21N3O3S/c1-12-16(18(24)25)26-19(22(12)15-5-3-2-4-6-15)21-17(23)14-9-7-13(11-20)8-10-14/h7-10,12,15-16H,2-6H2,1H3,(H,24,25). The second kappa shape index (κ2) is 7.92. The van der Waals surface area contributed by atoms with Crippen LogP contribution in [-0.4, -0.2) is 44.4 Å². The molecule has 1 aliphatic heterocycles. The normalized spacial score (nSPS) is 25.2. The Morgan fingerprint density at radius 2 is 1.88 bits per heavy atom. The van der Waals surface area contributed by atoms with E-state index in [0.29, 0.717) is 16.3 Å². The Morgan fingerprint density at radius 1 is 1.23 bits per heavy atom. The maximum absolute atomic E-state index is 12.6. The molecule has 0 bridgehead atoms. The van der Waals surface area contributed by atoms with E-state index < -0.39 is 17.1 Å². The largest absolute Gasteiger partial charge is 0.480 e. The predicted molar refractivity (Wildman–Crippen MR) is 100 cm³/mol. The number of amides is 1. The van der Waals surface area contributed by atoms with Crippen molar-refractivity contribution in [3.8, 4) is 6.07 Å². The van der Waals surface area contributed by atoms with Crippen molar-refractivity contribution in [2.75, 3.05) is 0 Å². The van der Waals surface area contributed by atoms with Gasteiger partial charge in [-0.05, 0) is 44.0 Å². The quantitative estimate of drug-likeness (QED) is 0.876. The molecule has 3 rings (SSSR count). The first-order chi connectivity index (χ1) is 12.5. The smallest absolute Gasteiger partial charge is 0.319 e. The maximum atomic E-state index is 12.6. The Kier molecular flexibility index (Phi) is 5.62. The maximum Gasteiger partial charge on any atom is 0.319 e. The number of rotatable bonds is 3. The highest BCUT2D eigenvalue weighted by Crippen LogP contribution is 2.37. The molecule has 1 saturated heterocycles. The lowest BCUT2D eigenvalue weighted by atomic mass is 9.93. The molecule has 0 aromatic heterocycles. The number of hydrogen-bond acceptors (Lipinski definition) is 4. The Balaban J connectivity index is 1.88. The number of nitriles is 1. The summed E-state index contributed by atoms with van der Waals surface area (Å²) in [6, 6.07) is 8.37. The second-order valence-electron chi connectivity index (χ2n) is 6.71. The molecule has 0 radical (unpaired) electrons. The van der Waals surface area contributed by atoms with Crippen molar-refractivity contribution >= 4 is 28.8 Å². The Labute approximate surface area is 156 Å². The summed E-state index contributed by atoms with van der Waals surface area (Å²) in [6.45, 7) is 1.90. The third-order valence-corrected chi connectivity index (χ3v) is 6.36. The van der Waals surface area contributed by atoms with Crippen LogP contribution in [0.5, 0.6) is 0 Å². The van der Waals surface area contributed by atoms with Crippen molar-refractivity contribution in [1.29, 1.82) is 5.26 Å². The summed E-state index contributed by atoms with van der Waals surface area (Å²) >= 11 is 1.16. The first-order valence-corrected chi connectivity index (χ1v) is 9.70. The molecule has 2 fully saturated rings. The van der Waals surface area contributed by atoms with Gasteiger partial charge in [-0.2, -0.15) is 10.3 Å². The minimum absolute atomic E-state index is 0.201. The van der Waals surface area contributed by atoms with E-state index in [-0.39, 0.29) is 12.1 Å². The predicted octanol–water partition coefficient (Wildman–Crippen LogP) is 3.28. The molecule has 1 aliphatic carbocycles. The summed E-state index contributed by atoms with van der Waals surface area (Å²) in [5.74, 6) is -1.28. The molecular formula is C19H21N3O3S. The second-order valence-corrected chi connectivity index (χ2v) is 7.81. The molecule has 1 aromatic rings. The summed E-state index contributed by atoms with van der Waals surface area (Å²) in [6.07, 6.45) is 5.44. The summed E-state index contributed by atoms with van der Waals surface area (Å²) in [5.41, 5.74) is 0.875. The van der Waals surface area contributed by atoms with Crippen LogP contribution in [0.3, 0.4) is 0 Å². The molecule has 136 valence electrons. The van der Waals surface area contributed by atoms with Crippen molar-refractivity contribution in [2.45, 2.75) is 56.4 Å². The molecule has 1 aromatic carbocycles. The van der Waals surface area contributed by atoms with Crippen molar-refractivity contribution in [1.82, 2.24) is 4.90 Å². The molecule has 2 atom stereocenters. The summed E-state index contributed by atoms with van der Waals surface area (Å²) in [5, 5.41) is 18.3. The van der Waals surface area contributed by atoms with Gasteiger partial charge in [0.2, 0.25) is 0 Å². The zero-order valence-corrected chi connectivity index (χ0v) is 15.4. The van der Waals surface area contributed by atoms with Crippen molar-refractivity contribution in [2.24, 2.45) is 4.99 Å². The van der Waals surface area contributed by atoms with E-state index in [0.717, 1.165) is 37.4 Å². The van der Waals surface area contributed by atoms with Crippen LogP contribution in [0.1, 0.15) is 54.9 Å². The van der Waals surface area contributed by atoms with Gasteiger partial charge in [0.15, 0.2) is 5.17 Å². The molecule has 1 saturated carbocycles. The van der Waals surface area contributed by atoms with Gasteiger partial charge in [0.1, 0.15) is 5.25 Å². The fourth-order valence-corrected chi connectivity index (χ4v) is 4.85. The zero-order chi connectivity index (χ0) is 18.7. The van der Waals surface area contributed by atoms with Gasteiger partial charge in [-0.3, -0.25) is 9.59 Å². The third kappa shape index (κ3) is 3.75. The van der Waals surface area contributed by atoms with Crippen LogP contribution >= 0.6 is 11.8 Å². The Bertz CT molecular complexity index is 763. The van der Waals surface area contributed by atoms with E-state index in [2.05, 4.69) is 4.99 Å². The lowest BCUT2D eigenvalue weighted by molar-refractivity contribution is -0.137. The van der Waals surface area contributed by atoms with Gasteiger partial charge in [0.25, 0.3) is 5.91 Å². The van der Waals surface area contributed by atoms with E-state index >= 15 is 0 Å². The lowest BCUT2D eigenvalue weighted by Crippen LogP contribution is -2.45. The van der Waals surface area contributed by atoms with E-state index in [1.54, 1.807) is 24.3 Å². The number of thioether (sulfide) groups is 1. The van der Waals surface area contributed by atoms with Crippen molar-refractivity contribution in [3.05, 3.63) is 35.4 Å². The Hall–Kier alpha value is -2.33. The molecule has 1 amide bonds. The van der Waals surface area contributed by atoms with Crippen molar-refractivity contribution in [3.63, 3.8) is 0 Å². The number of benzene rings is 1. The number of carboxylic acids is 1. The highest BCUT2D eigenvalue weighted by Gasteiger charge is 2.44. The number of hydrogen-bond donors (Lipinski definition) is 1. The molecule has 26 heavy (non-hydrogen) atoms. The minimum Gasteiger partial charge on any atom is -0.480 e. The fourth-order valence-electron chi connectivity index (χ4n) is 3.62. The van der Waals surface area contributed by atoms with Gasteiger partial charge < -0.3 is 10.0 Å². The van der Waals surface area contributed by atoms with Gasteiger partial charge in [-0.15, -0.1) is 0 Å².